The van der Waals surface area contributed by atoms with E-state index in [0.717, 1.165) is 16.8 Å². The van der Waals surface area contributed by atoms with Gasteiger partial charge in [0.25, 0.3) is 0 Å². The lowest BCUT2D eigenvalue weighted by Gasteiger charge is -2.08. The molecule has 0 atom stereocenters. The summed E-state index contributed by atoms with van der Waals surface area (Å²) in [6.45, 7) is 7.65. The molecule has 0 amide bonds. The Labute approximate surface area is 137 Å². The lowest BCUT2D eigenvalue weighted by atomic mass is 10.0. The Morgan fingerprint density at radius 2 is 1.58 bits per heavy atom. The predicted molar refractivity (Wildman–Crippen MR) is 84.3 cm³/mol. The molecule has 2 rings (SSSR count). The minimum absolute atomic E-state index is 1.12. The number of benzene rings is 1. The molecule has 4 nitrogen and oxygen atoms in total. The smallest absolute Gasteiger partial charge is 0.485 e. The molecule has 24 heavy (non-hydrogen) atoms. The van der Waals surface area contributed by atoms with E-state index in [2.05, 4.69) is 31.4 Å². The van der Waals surface area contributed by atoms with Crippen molar-refractivity contribution < 1.29 is 30.7 Å². The van der Waals surface area contributed by atoms with Gasteiger partial charge < -0.3 is 4.55 Å². The second kappa shape index (κ2) is 7.89. The van der Waals surface area contributed by atoms with Gasteiger partial charge >= 0.3 is 5.51 Å². The summed E-state index contributed by atoms with van der Waals surface area (Å²) < 4.78 is 60.9. The highest BCUT2D eigenvalue weighted by Crippen LogP contribution is 2.21. The molecule has 8 heteroatoms. The first-order chi connectivity index (χ1) is 11.1. The molecule has 2 aromatic rings. The summed E-state index contributed by atoms with van der Waals surface area (Å²) in [5, 5.41) is 0. The molecule has 1 aromatic carbocycles. The molecule has 0 aliphatic carbocycles. The van der Waals surface area contributed by atoms with Crippen LogP contribution in [-0.2, 0) is 10.1 Å². The fraction of sp³-hybridized carbons (Fsp3) is 0.0625. The Morgan fingerprint density at radius 1 is 1.04 bits per heavy atom. The minimum Gasteiger partial charge on any atom is -0.741 e. The van der Waals surface area contributed by atoms with E-state index >= 15 is 0 Å². The molecule has 0 saturated heterocycles. The van der Waals surface area contributed by atoms with Crippen LogP contribution in [0.2, 0.25) is 0 Å². The lowest BCUT2D eigenvalue weighted by Crippen LogP contribution is -2.27. The zero-order valence-electron chi connectivity index (χ0n) is 12.4. The highest BCUT2D eigenvalue weighted by atomic mass is 32.2. The van der Waals surface area contributed by atoms with E-state index < -0.39 is 15.6 Å². The number of halogens is 3. The van der Waals surface area contributed by atoms with E-state index in [9.17, 15) is 13.2 Å². The minimum atomic E-state index is -6.09. The first-order valence-corrected chi connectivity index (χ1v) is 7.89. The molecule has 0 bridgehead atoms. The van der Waals surface area contributed by atoms with Gasteiger partial charge in [-0.1, -0.05) is 30.9 Å². The van der Waals surface area contributed by atoms with Crippen molar-refractivity contribution >= 4 is 22.4 Å². The number of hydrogen-bond acceptors (Lipinski definition) is 3. The quantitative estimate of drug-likeness (QED) is 0.480. The first-order valence-electron chi connectivity index (χ1n) is 6.48. The van der Waals surface area contributed by atoms with E-state index in [4.69, 9.17) is 13.0 Å². The van der Waals surface area contributed by atoms with Gasteiger partial charge in [0.2, 0.25) is 5.69 Å². The lowest BCUT2D eigenvalue weighted by molar-refractivity contribution is -0.555. The van der Waals surface area contributed by atoms with E-state index in [-0.39, 0.29) is 0 Å². The number of aromatic nitrogens is 1. The monoisotopic (exact) mass is 357 g/mol. The number of hydrogen-bond donors (Lipinski definition) is 0. The van der Waals surface area contributed by atoms with Crippen LogP contribution in [0.25, 0.3) is 23.5 Å². The Kier molecular flexibility index (Phi) is 6.44. The summed E-state index contributed by atoms with van der Waals surface area (Å²) in [5.41, 5.74) is -2.23. The molecule has 0 spiro atoms. The van der Waals surface area contributed by atoms with Gasteiger partial charge in [0.05, 0.1) is 5.56 Å². The average molecular weight is 357 g/mol. The summed E-state index contributed by atoms with van der Waals surface area (Å²) in [6.07, 6.45) is 5.66. The molecule has 0 aliphatic heterocycles. The molecular weight excluding hydrogens is 343 g/mol. The van der Waals surface area contributed by atoms with Crippen LogP contribution in [0, 0.1) is 0 Å². The van der Waals surface area contributed by atoms with Crippen molar-refractivity contribution in [3.05, 3.63) is 67.4 Å². The number of rotatable bonds is 3. The van der Waals surface area contributed by atoms with Crippen LogP contribution in [0.4, 0.5) is 13.2 Å². The third kappa shape index (κ3) is 5.04. The Morgan fingerprint density at radius 3 is 2.08 bits per heavy atom. The van der Waals surface area contributed by atoms with Crippen molar-refractivity contribution in [3.8, 4) is 11.3 Å². The molecule has 0 aliphatic rings. The van der Waals surface area contributed by atoms with Gasteiger partial charge in [-0.25, -0.2) is 8.42 Å². The predicted octanol–water partition coefficient (Wildman–Crippen LogP) is 3.44. The molecule has 0 fully saturated rings. The molecule has 0 unspecified atom stereocenters. The van der Waals surface area contributed by atoms with Crippen molar-refractivity contribution in [1.29, 1.82) is 0 Å². The second-order valence-corrected chi connectivity index (χ2v) is 5.74. The summed E-state index contributed by atoms with van der Waals surface area (Å²) in [4.78, 5) is 0. The van der Waals surface area contributed by atoms with E-state index in [1.54, 1.807) is 6.20 Å². The zero-order chi connectivity index (χ0) is 18.4. The Balaban J connectivity index is 0.000000307. The number of pyridine rings is 1. The maximum atomic E-state index is 10.7. The summed E-state index contributed by atoms with van der Waals surface area (Å²) >= 11 is 0. The van der Waals surface area contributed by atoms with E-state index in [1.165, 1.54) is 0 Å². The van der Waals surface area contributed by atoms with Gasteiger partial charge in [-0.2, -0.15) is 17.7 Å². The van der Waals surface area contributed by atoms with Crippen molar-refractivity contribution in [2.45, 2.75) is 5.51 Å². The largest absolute Gasteiger partial charge is 0.741 e. The summed E-state index contributed by atoms with van der Waals surface area (Å²) in [5.74, 6) is 0. The van der Waals surface area contributed by atoms with Gasteiger partial charge in [0.1, 0.15) is 0 Å². The van der Waals surface area contributed by atoms with Crippen molar-refractivity contribution in [2.75, 3.05) is 0 Å². The number of nitrogens with zero attached hydrogens (tertiary/aromatic N) is 1. The van der Waals surface area contributed by atoms with Gasteiger partial charge in [-0.05, 0) is 24.3 Å². The van der Waals surface area contributed by atoms with Crippen LogP contribution in [-0.4, -0.2) is 18.5 Å². The van der Waals surface area contributed by atoms with Gasteiger partial charge in [0.15, 0.2) is 22.5 Å². The SMILES string of the molecule is C=Cc1ccccc1-c1cccc[n+]1C=C.O=S(=O)([O-])C(F)(F)F. The number of alkyl halides is 3. The molecule has 1 aromatic heterocycles. The molecule has 128 valence electrons. The second-order valence-electron chi connectivity index (χ2n) is 4.37. The fourth-order valence-corrected chi connectivity index (χ4v) is 1.75. The van der Waals surface area contributed by atoms with Crippen LogP contribution in [0.3, 0.4) is 0 Å². The third-order valence-electron chi connectivity index (χ3n) is 2.83. The van der Waals surface area contributed by atoms with Crippen LogP contribution in [0.1, 0.15) is 5.56 Å². The van der Waals surface area contributed by atoms with Crippen LogP contribution < -0.4 is 4.57 Å². The first kappa shape index (κ1) is 19.6. The van der Waals surface area contributed by atoms with Crippen molar-refractivity contribution in [2.24, 2.45) is 0 Å². The normalized spacial score (nSPS) is 11.2. The van der Waals surface area contributed by atoms with E-state index in [1.807, 2.05) is 41.1 Å². The average Bonchev–Trinajstić information content (AvgIpc) is 2.53. The maximum Gasteiger partial charge on any atom is 0.485 e. The standard InChI is InChI=1S/C15H14N.CHF3O3S/c1-3-13-9-5-6-10-14(13)15-11-7-8-12-16(15)4-2;2-1(3,4)8(5,6)7/h3-12H,1-2H2;(H,5,6,7)/q+1;/p-1. The summed E-state index contributed by atoms with van der Waals surface area (Å²) in [7, 11) is -6.09. The molecule has 0 radical (unpaired) electrons. The Hall–Kier alpha value is -2.45. The van der Waals surface area contributed by atoms with E-state index in [0.29, 0.717) is 0 Å². The fourth-order valence-electron chi connectivity index (χ4n) is 1.75. The van der Waals surface area contributed by atoms with Gasteiger partial charge in [-0.3, -0.25) is 0 Å². The molecule has 0 saturated carbocycles. The van der Waals surface area contributed by atoms with Gasteiger partial charge in [-0.15, -0.1) is 0 Å². The third-order valence-corrected chi connectivity index (χ3v) is 3.39. The van der Waals surface area contributed by atoms with Crippen molar-refractivity contribution in [1.82, 2.24) is 0 Å². The highest BCUT2D eigenvalue weighted by Gasteiger charge is 2.36. The zero-order valence-corrected chi connectivity index (χ0v) is 13.2. The molecular formula is C16H14F3NO3S. The molecule has 0 N–H and O–H groups in total. The summed E-state index contributed by atoms with van der Waals surface area (Å²) in [6, 6.07) is 14.3. The topological polar surface area (TPSA) is 61.1 Å². The highest BCUT2D eigenvalue weighted by molar-refractivity contribution is 7.86. The van der Waals surface area contributed by atoms with Crippen molar-refractivity contribution in [3.63, 3.8) is 0 Å². The molecule has 1 heterocycles. The van der Waals surface area contributed by atoms with Crippen LogP contribution in [0.15, 0.2) is 61.8 Å². The van der Waals surface area contributed by atoms with Gasteiger partial charge in [0, 0.05) is 12.1 Å². The van der Waals surface area contributed by atoms with Crippen LogP contribution in [0.5, 0.6) is 0 Å². The maximum absolute atomic E-state index is 10.7. The van der Waals surface area contributed by atoms with Crippen LogP contribution >= 0.6 is 0 Å². The Bertz CT molecular complexity index is 781.